The molecule has 0 spiro atoms. The van der Waals surface area contributed by atoms with E-state index in [9.17, 15) is 4.79 Å². The summed E-state index contributed by atoms with van der Waals surface area (Å²) in [6.45, 7) is 5.71. The fraction of sp³-hybridized carbons (Fsp3) is 0.0667. The van der Waals surface area contributed by atoms with Crippen LogP contribution in [0, 0.1) is 0 Å². The van der Waals surface area contributed by atoms with Crippen molar-refractivity contribution < 1.29 is 9.53 Å². The van der Waals surface area contributed by atoms with E-state index in [0.717, 1.165) is 39.6 Å². The molecule has 0 bridgehead atoms. The van der Waals surface area contributed by atoms with Gasteiger partial charge in [-0.1, -0.05) is 68.1 Å². The van der Waals surface area contributed by atoms with Crippen LogP contribution < -0.4 is 4.74 Å². The van der Waals surface area contributed by atoms with Gasteiger partial charge in [-0.25, -0.2) is 4.79 Å². The first-order valence-electron chi connectivity index (χ1n) is 11.4. The predicted molar refractivity (Wildman–Crippen MR) is 144 cm³/mol. The molecule has 5 rings (SSSR count). The van der Waals surface area contributed by atoms with Crippen molar-refractivity contribution in [2.24, 2.45) is 0 Å². The minimum atomic E-state index is -0.484. The van der Waals surface area contributed by atoms with Crippen molar-refractivity contribution in [2.45, 2.75) is 13.3 Å². The van der Waals surface area contributed by atoms with Crippen molar-refractivity contribution in [3.63, 3.8) is 0 Å². The number of aromatic amines is 1. The number of H-pyrrole nitrogens is 1. The van der Waals surface area contributed by atoms with Crippen molar-refractivity contribution >= 4 is 39.4 Å². The highest BCUT2D eigenvalue weighted by Crippen LogP contribution is 2.41. The van der Waals surface area contributed by atoms with Gasteiger partial charge in [0.2, 0.25) is 0 Å². The molecule has 35 heavy (non-hydrogen) atoms. The Morgan fingerprint density at radius 2 is 1.83 bits per heavy atom. The fourth-order valence-electron chi connectivity index (χ4n) is 4.28. The van der Waals surface area contributed by atoms with Crippen LogP contribution in [0.4, 0.5) is 0 Å². The van der Waals surface area contributed by atoms with E-state index in [2.05, 4.69) is 71.5 Å². The number of hydrogen-bond acceptors (Lipinski definition) is 4. The molecule has 0 saturated heterocycles. The highest BCUT2D eigenvalue weighted by Gasteiger charge is 2.19. The molecular formula is C30H24N2O2S. The number of rotatable bonds is 7. The quantitative estimate of drug-likeness (QED) is 0.148. The van der Waals surface area contributed by atoms with Gasteiger partial charge in [-0.3, -0.25) is 5.10 Å². The average molecular weight is 477 g/mol. The molecule has 1 N–H and O–H groups in total. The van der Waals surface area contributed by atoms with Gasteiger partial charge in [-0.05, 0) is 63.9 Å². The van der Waals surface area contributed by atoms with Gasteiger partial charge in [0.1, 0.15) is 5.75 Å². The molecule has 0 atom stereocenters. The Labute approximate surface area is 208 Å². The van der Waals surface area contributed by atoms with Crippen LogP contribution in [0.3, 0.4) is 0 Å². The molecule has 0 fully saturated rings. The third-order valence-corrected chi connectivity index (χ3v) is 6.90. The maximum absolute atomic E-state index is 12.1. The molecule has 3 aromatic carbocycles. The molecule has 4 nitrogen and oxygen atoms in total. The van der Waals surface area contributed by atoms with Crippen molar-refractivity contribution in [2.75, 3.05) is 0 Å². The molecule has 5 heteroatoms. The fourth-order valence-corrected chi connectivity index (χ4v) is 5.21. The molecule has 172 valence electrons. The van der Waals surface area contributed by atoms with Gasteiger partial charge in [0, 0.05) is 21.9 Å². The summed E-state index contributed by atoms with van der Waals surface area (Å²) >= 11 is 1.73. The van der Waals surface area contributed by atoms with Gasteiger partial charge in [0.25, 0.3) is 0 Å². The Kier molecular flexibility index (Phi) is 6.42. The predicted octanol–water partition coefficient (Wildman–Crippen LogP) is 7.75. The Hall–Kier alpha value is -4.22. The van der Waals surface area contributed by atoms with Crippen LogP contribution >= 0.6 is 11.3 Å². The van der Waals surface area contributed by atoms with Gasteiger partial charge < -0.3 is 4.74 Å². The number of carbonyl (C=O) groups is 1. The summed E-state index contributed by atoms with van der Waals surface area (Å²) < 4.78 is 5.67. The van der Waals surface area contributed by atoms with E-state index in [-0.39, 0.29) is 0 Å². The molecule has 2 heterocycles. The van der Waals surface area contributed by atoms with E-state index < -0.39 is 5.97 Å². The molecule has 0 aliphatic rings. The van der Waals surface area contributed by atoms with Crippen LogP contribution in [0.15, 0.2) is 103 Å². The summed E-state index contributed by atoms with van der Waals surface area (Å²) in [7, 11) is 0. The molecular weight excluding hydrogens is 452 g/mol. The van der Waals surface area contributed by atoms with Crippen LogP contribution in [0.25, 0.3) is 32.5 Å². The smallest absolute Gasteiger partial charge is 0.335 e. The maximum Gasteiger partial charge on any atom is 0.335 e. The van der Waals surface area contributed by atoms with E-state index in [4.69, 9.17) is 4.74 Å². The maximum atomic E-state index is 12.1. The lowest BCUT2D eigenvalue weighted by Crippen LogP contribution is -2.06. The van der Waals surface area contributed by atoms with E-state index in [1.54, 1.807) is 11.3 Å². The largest absolute Gasteiger partial charge is 0.423 e. The molecule has 5 aromatic rings. The second-order valence-electron chi connectivity index (χ2n) is 8.07. The third kappa shape index (κ3) is 4.59. The summed E-state index contributed by atoms with van der Waals surface area (Å²) in [5, 5.41) is 10.4. The monoisotopic (exact) mass is 476 g/mol. The zero-order chi connectivity index (χ0) is 24.2. The highest BCUT2D eigenvalue weighted by atomic mass is 32.1. The SMILES string of the molecule is C=CC(=O)Oc1ccccc1/C(=C(\CC)c1csc(-c2ccccc2)c1)c1ccc2[nH]ncc2c1. The number of aromatic nitrogens is 2. The van der Waals surface area contributed by atoms with Crippen LogP contribution in [-0.4, -0.2) is 16.2 Å². The Balaban J connectivity index is 1.74. The Bertz CT molecular complexity index is 1540. The van der Waals surface area contributed by atoms with E-state index >= 15 is 0 Å². The lowest BCUT2D eigenvalue weighted by molar-refractivity contribution is -0.128. The van der Waals surface area contributed by atoms with Gasteiger partial charge in [0.15, 0.2) is 0 Å². The second kappa shape index (κ2) is 9.95. The number of para-hydroxylation sites is 1. The zero-order valence-corrected chi connectivity index (χ0v) is 20.1. The van der Waals surface area contributed by atoms with Gasteiger partial charge >= 0.3 is 5.97 Å². The van der Waals surface area contributed by atoms with Gasteiger partial charge in [0.05, 0.1) is 11.7 Å². The number of allylic oxidation sites excluding steroid dienone is 1. The summed E-state index contributed by atoms with van der Waals surface area (Å²) in [5.41, 5.74) is 7.41. The molecule has 0 aliphatic heterocycles. The van der Waals surface area contributed by atoms with Crippen LogP contribution in [0.1, 0.15) is 30.0 Å². The van der Waals surface area contributed by atoms with E-state index in [1.807, 2.05) is 42.6 Å². The number of fused-ring (bicyclic) bond motifs is 1. The number of nitrogens with zero attached hydrogens (tertiary/aromatic N) is 1. The second-order valence-corrected chi connectivity index (χ2v) is 8.98. The Morgan fingerprint density at radius 1 is 1.03 bits per heavy atom. The number of nitrogens with one attached hydrogen (secondary N) is 1. The molecule has 0 aliphatic carbocycles. The first kappa shape index (κ1) is 22.6. The van der Waals surface area contributed by atoms with Crippen LogP contribution in [-0.2, 0) is 4.79 Å². The minimum absolute atomic E-state index is 0.484. The lowest BCUT2D eigenvalue weighted by Gasteiger charge is -2.18. The van der Waals surface area contributed by atoms with E-state index in [0.29, 0.717) is 5.75 Å². The number of esters is 1. The number of thiophene rings is 1. The summed E-state index contributed by atoms with van der Waals surface area (Å²) in [5.74, 6) is 0.0196. The van der Waals surface area contributed by atoms with Crippen LogP contribution in [0.2, 0.25) is 0 Å². The van der Waals surface area contributed by atoms with Gasteiger partial charge in [-0.15, -0.1) is 11.3 Å². The molecule has 0 radical (unpaired) electrons. The number of benzene rings is 3. The third-order valence-electron chi connectivity index (χ3n) is 5.92. The first-order valence-corrected chi connectivity index (χ1v) is 12.3. The molecule has 0 amide bonds. The minimum Gasteiger partial charge on any atom is -0.423 e. The topological polar surface area (TPSA) is 55.0 Å². The normalized spacial score (nSPS) is 11.8. The lowest BCUT2D eigenvalue weighted by atomic mass is 9.88. The number of ether oxygens (including phenoxy) is 1. The molecule has 2 aromatic heterocycles. The average Bonchev–Trinajstić information content (AvgIpc) is 3.58. The summed E-state index contributed by atoms with van der Waals surface area (Å²) in [6.07, 6.45) is 3.81. The van der Waals surface area contributed by atoms with Crippen molar-refractivity contribution in [3.05, 3.63) is 120 Å². The first-order chi connectivity index (χ1) is 17.2. The summed E-state index contributed by atoms with van der Waals surface area (Å²) in [6, 6.07) is 26.5. The van der Waals surface area contributed by atoms with Crippen molar-refractivity contribution in [3.8, 4) is 16.2 Å². The standard InChI is InChI=1S/C30H24N2O2S/c1-3-24(23-17-28(35-19-23)20-10-6-5-7-11-20)30(21-14-15-26-22(16-21)18-31-32-26)25-12-8-9-13-27(25)34-29(33)4-2/h4-19H,2-3H2,1H3,(H,31,32)/b30-24+. The summed E-state index contributed by atoms with van der Waals surface area (Å²) in [4.78, 5) is 13.3. The van der Waals surface area contributed by atoms with E-state index in [1.165, 1.54) is 22.1 Å². The zero-order valence-electron chi connectivity index (χ0n) is 19.3. The van der Waals surface area contributed by atoms with Crippen LogP contribution in [0.5, 0.6) is 5.75 Å². The van der Waals surface area contributed by atoms with Crippen molar-refractivity contribution in [1.29, 1.82) is 0 Å². The molecule has 0 unspecified atom stereocenters. The molecule has 0 saturated carbocycles. The number of hydrogen-bond donors (Lipinski definition) is 1. The highest BCUT2D eigenvalue weighted by molar-refractivity contribution is 7.13. The number of carbonyl (C=O) groups excluding carboxylic acids is 1. The van der Waals surface area contributed by atoms with Gasteiger partial charge in [-0.2, -0.15) is 5.10 Å². The van der Waals surface area contributed by atoms with Crippen molar-refractivity contribution in [1.82, 2.24) is 10.2 Å². The Morgan fingerprint density at radius 3 is 2.63 bits per heavy atom.